The molecule has 2 amide bonds. The summed E-state index contributed by atoms with van der Waals surface area (Å²) in [5.41, 5.74) is 1.32. The number of thioether (sulfide) groups is 1. The number of carbonyl (C=O) groups excluding carboxylic acids is 2. The quantitative estimate of drug-likeness (QED) is 0.499. The molecule has 0 saturated carbocycles. The van der Waals surface area contributed by atoms with Gasteiger partial charge in [-0.05, 0) is 71.1 Å². The van der Waals surface area contributed by atoms with Crippen molar-refractivity contribution in [3.63, 3.8) is 0 Å². The normalized spacial score (nSPS) is 15.8. The first-order valence-electron chi connectivity index (χ1n) is 7.94. The van der Waals surface area contributed by atoms with E-state index in [1.54, 1.807) is 18.2 Å². The van der Waals surface area contributed by atoms with E-state index >= 15 is 0 Å². The van der Waals surface area contributed by atoms with Gasteiger partial charge >= 0.3 is 0 Å². The number of aromatic hydroxyl groups is 1. The van der Waals surface area contributed by atoms with Crippen molar-refractivity contribution in [1.82, 2.24) is 4.90 Å². The molecule has 0 bridgehead atoms. The molecule has 3 rings (SSSR count). The number of phenolic OH excluding ortho intramolecular Hbond substituents is 1. The van der Waals surface area contributed by atoms with Crippen molar-refractivity contribution >= 4 is 51.6 Å². The SMILES string of the molecule is CCOc1cccc(/C=C2\SC(=O)N(Cc3ccc(I)cc3)C2=O)c1O. The van der Waals surface area contributed by atoms with Gasteiger partial charge in [0.05, 0.1) is 18.1 Å². The fourth-order valence-corrected chi connectivity index (χ4v) is 3.67. The zero-order valence-electron chi connectivity index (χ0n) is 13.9. The molecule has 1 aliphatic heterocycles. The Morgan fingerprint density at radius 1 is 1.19 bits per heavy atom. The number of phenols is 1. The number of halogens is 1. The predicted octanol–water partition coefficient (Wildman–Crippen LogP) is 4.63. The van der Waals surface area contributed by atoms with Crippen LogP contribution >= 0.6 is 34.4 Å². The van der Waals surface area contributed by atoms with E-state index in [0.717, 1.165) is 20.9 Å². The Labute approximate surface area is 169 Å². The molecule has 2 aromatic carbocycles. The standard InChI is InChI=1S/C19H16INO4S/c1-2-25-15-5-3-4-13(17(15)22)10-16-18(23)21(19(24)26-16)11-12-6-8-14(20)9-7-12/h3-10,22H,2,11H2,1H3/b16-10-. The number of carbonyl (C=O) groups is 2. The maximum atomic E-state index is 12.6. The molecule has 2 aromatic rings. The van der Waals surface area contributed by atoms with Crippen molar-refractivity contribution in [3.8, 4) is 11.5 Å². The third-order valence-electron chi connectivity index (χ3n) is 3.74. The van der Waals surface area contributed by atoms with Crippen LogP contribution in [0.4, 0.5) is 4.79 Å². The fraction of sp³-hybridized carbons (Fsp3) is 0.158. The highest BCUT2D eigenvalue weighted by molar-refractivity contribution is 14.1. The second-order valence-corrected chi connectivity index (χ2v) is 7.76. The van der Waals surface area contributed by atoms with Crippen LogP contribution < -0.4 is 4.74 Å². The average molecular weight is 481 g/mol. The summed E-state index contributed by atoms with van der Waals surface area (Å²) in [5, 5.41) is 9.95. The predicted molar refractivity (Wildman–Crippen MR) is 110 cm³/mol. The Kier molecular flexibility index (Phi) is 5.87. The summed E-state index contributed by atoms with van der Waals surface area (Å²) in [7, 11) is 0. The van der Waals surface area contributed by atoms with Crippen LogP contribution in [0.2, 0.25) is 0 Å². The molecule has 1 N–H and O–H groups in total. The van der Waals surface area contributed by atoms with Gasteiger partial charge in [0.2, 0.25) is 0 Å². The van der Waals surface area contributed by atoms with Gasteiger partial charge in [0.25, 0.3) is 11.1 Å². The lowest BCUT2D eigenvalue weighted by Gasteiger charge is -2.12. The van der Waals surface area contributed by atoms with Crippen LogP contribution in [0, 0.1) is 3.57 Å². The molecule has 1 saturated heterocycles. The van der Waals surface area contributed by atoms with Crippen molar-refractivity contribution in [1.29, 1.82) is 0 Å². The minimum absolute atomic E-state index is 0.0428. The molecule has 5 nitrogen and oxygen atoms in total. The molecule has 0 radical (unpaired) electrons. The van der Waals surface area contributed by atoms with Gasteiger partial charge in [0.15, 0.2) is 11.5 Å². The van der Waals surface area contributed by atoms with E-state index in [2.05, 4.69) is 22.6 Å². The lowest BCUT2D eigenvalue weighted by atomic mass is 10.1. The van der Waals surface area contributed by atoms with Crippen LogP contribution in [0.3, 0.4) is 0 Å². The van der Waals surface area contributed by atoms with Crippen molar-refractivity contribution in [2.75, 3.05) is 6.61 Å². The van der Waals surface area contributed by atoms with Gasteiger partial charge in [-0.25, -0.2) is 0 Å². The van der Waals surface area contributed by atoms with Crippen LogP contribution in [0.15, 0.2) is 47.4 Å². The number of benzene rings is 2. The van der Waals surface area contributed by atoms with Crippen molar-refractivity contribution in [3.05, 3.63) is 62.1 Å². The van der Waals surface area contributed by atoms with Crippen LogP contribution in [0.5, 0.6) is 11.5 Å². The molecule has 26 heavy (non-hydrogen) atoms. The number of rotatable bonds is 5. The Morgan fingerprint density at radius 3 is 2.62 bits per heavy atom. The van der Waals surface area contributed by atoms with Gasteiger partial charge < -0.3 is 9.84 Å². The Bertz CT molecular complexity index is 880. The van der Waals surface area contributed by atoms with Crippen molar-refractivity contribution in [2.45, 2.75) is 13.5 Å². The minimum Gasteiger partial charge on any atom is -0.504 e. The largest absolute Gasteiger partial charge is 0.504 e. The van der Waals surface area contributed by atoms with Gasteiger partial charge in [-0.2, -0.15) is 0 Å². The van der Waals surface area contributed by atoms with E-state index in [1.807, 2.05) is 31.2 Å². The summed E-state index contributed by atoms with van der Waals surface area (Å²) in [6, 6.07) is 12.7. The molecule has 0 atom stereocenters. The summed E-state index contributed by atoms with van der Waals surface area (Å²) < 4.78 is 6.44. The van der Waals surface area contributed by atoms with E-state index in [-0.39, 0.29) is 28.3 Å². The molecule has 7 heteroatoms. The number of nitrogens with zero attached hydrogens (tertiary/aromatic N) is 1. The van der Waals surface area contributed by atoms with E-state index < -0.39 is 0 Å². The number of hydrogen-bond acceptors (Lipinski definition) is 5. The van der Waals surface area contributed by atoms with Gasteiger partial charge in [0.1, 0.15) is 0 Å². The maximum Gasteiger partial charge on any atom is 0.293 e. The van der Waals surface area contributed by atoms with Crippen molar-refractivity contribution in [2.24, 2.45) is 0 Å². The molecule has 1 fully saturated rings. The smallest absolute Gasteiger partial charge is 0.293 e. The molecule has 1 heterocycles. The summed E-state index contributed by atoms with van der Waals surface area (Å²) in [6.45, 7) is 2.47. The molecule has 0 aliphatic carbocycles. The zero-order chi connectivity index (χ0) is 18.7. The number of amides is 2. The van der Waals surface area contributed by atoms with Crippen LogP contribution in [0.1, 0.15) is 18.1 Å². The molecule has 134 valence electrons. The summed E-state index contributed by atoms with van der Waals surface area (Å²) >= 11 is 3.07. The topological polar surface area (TPSA) is 66.8 Å². The third kappa shape index (κ3) is 4.04. The summed E-state index contributed by atoms with van der Waals surface area (Å²) in [5.74, 6) is -0.0575. The molecular formula is C19H16INO4S. The van der Waals surface area contributed by atoms with Gasteiger partial charge in [0, 0.05) is 9.13 Å². The second-order valence-electron chi connectivity index (χ2n) is 5.52. The van der Waals surface area contributed by atoms with Gasteiger partial charge in [-0.3, -0.25) is 14.5 Å². The highest BCUT2D eigenvalue weighted by atomic mass is 127. The molecular weight excluding hydrogens is 465 g/mol. The lowest BCUT2D eigenvalue weighted by molar-refractivity contribution is -0.123. The van der Waals surface area contributed by atoms with Crippen LogP contribution in [-0.4, -0.2) is 27.8 Å². The minimum atomic E-state index is -0.361. The highest BCUT2D eigenvalue weighted by Crippen LogP contribution is 2.37. The first-order valence-corrected chi connectivity index (χ1v) is 9.83. The van der Waals surface area contributed by atoms with E-state index in [9.17, 15) is 14.7 Å². The van der Waals surface area contributed by atoms with Crippen LogP contribution in [0.25, 0.3) is 6.08 Å². The maximum absolute atomic E-state index is 12.6. The summed E-state index contributed by atoms with van der Waals surface area (Å²) in [4.78, 5) is 26.4. The zero-order valence-corrected chi connectivity index (χ0v) is 16.9. The molecule has 0 unspecified atom stereocenters. The van der Waals surface area contributed by atoms with Gasteiger partial charge in [-0.15, -0.1) is 0 Å². The van der Waals surface area contributed by atoms with Crippen molar-refractivity contribution < 1.29 is 19.4 Å². The highest BCUT2D eigenvalue weighted by Gasteiger charge is 2.35. The Hall–Kier alpha value is -2.00. The number of imide groups is 1. The molecule has 0 aromatic heterocycles. The number of para-hydroxylation sites is 1. The second kappa shape index (κ2) is 8.13. The first kappa shape index (κ1) is 18.8. The lowest BCUT2D eigenvalue weighted by Crippen LogP contribution is -2.27. The molecule has 1 aliphatic rings. The Balaban J connectivity index is 1.83. The molecule has 0 spiro atoms. The van der Waals surface area contributed by atoms with Gasteiger partial charge in [-0.1, -0.05) is 24.3 Å². The van der Waals surface area contributed by atoms with E-state index in [1.165, 1.54) is 11.0 Å². The first-order chi connectivity index (χ1) is 12.5. The fourth-order valence-electron chi connectivity index (χ4n) is 2.48. The average Bonchev–Trinajstić information content (AvgIpc) is 2.88. The number of hydrogen-bond donors (Lipinski definition) is 1. The Morgan fingerprint density at radius 2 is 1.92 bits per heavy atom. The summed E-state index contributed by atoms with van der Waals surface area (Å²) in [6.07, 6.45) is 1.52. The third-order valence-corrected chi connectivity index (χ3v) is 5.37. The van der Waals surface area contributed by atoms with E-state index in [4.69, 9.17) is 4.74 Å². The monoisotopic (exact) mass is 481 g/mol. The van der Waals surface area contributed by atoms with Crippen LogP contribution in [-0.2, 0) is 11.3 Å². The number of ether oxygens (including phenoxy) is 1. The van der Waals surface area contributed by atoms with E-state index in [0.29, 0.717) is 17.9 Å².